The number of hydrogen-bond acceptors (Lipinski definition) is 5. The lowest BCUT2D eigenvalue weighted by atomic mass is 10.1. The van der Waals surface area contributed by atoms with Gasteiger partial charge >= 0.3 is 6.18 Å². The van der Waals surface area contributed by atoms with Gasteiger partial charge in [-0.2, -0.15) is 13.2 Å². The molecule has 3 heterocycles. The van der Waals surface area contributed by atoms with Gasteiger partial charge in [0.2, 0.25) is 0 Å². The molecule has 0 amide bonds. The van der Waals surface area contributed by atoms with E-state index >= 15 is 0 Å². The van der Waals surface area contributed by atoms with Crippen LogP contribution in [-0.2, 0) is 6.18 Å². The summed E-state index contributed by atoms with van der Waals surface area (Å²) < 4.78 is 43.5. The first-order chi connectivity index (χ1) is 18.9. The van der Waals surface area contributed by atoms with Gasteiger partial charge < -0.3 is 4.57 Å². The van der Waals surface area contributed by atoms with Gasteiger partial charge in [-0.1, -0.05) is 41.6 Å². The van der Waals surface area contributed by atoms with E-state index in [9.17, 15) is 22.8 Å². The van der Waals surface area contributed by atoms with Crippen molar-refractivity contribution in [1.82, 2.24) is 14.1 Å². The predicted octanol–water partition coefficient (Wildman–Crippen LogP) is 8.12. The highest BCUT2D eigenvalue weighted by Gasteiger charge is 2.34. The third kappa shape index (κ3) is 5.00. The molecule has 0 N–H and O–H groups in total. The lowest BCUT2D eigenvalue weighted by molar-refractivity contribution is -0.137. The van der Waals surface area contributed by atoms with Crippen molar-refractivity contribution in [2.75, 3.05) is 5.75 Å². The molecule has 0 bridgehead atoms. The van der Waals surface area contributed by atoms with E-state index in [0.717, 1.165) is 28.3 Å². The second-order valence-electron chi connectivity index (χ2n) is 9.33. The summed E-state index contributed by atoms with van der Waals surface area (Å²) in [5.74, 6) is -0.255. The zero-order valence-electron chi connectivity index (χ0n) is 21.9. The number of halogens is 4. The monoisotopic (exact) mass is 601 g/mol. The normalized spacial score (nSPS) is 11.9. The third-order valence-corrected chi connectivity index (χ3v) is 9.13. The Labute approximate surface area is 241 Å². The van der Waals surface area contributed by atoms with Crippen LogP contribution in [0.15, 0.2) is 64.5 Å². The number of ketones is 1. The Hall–Kier alpha value is -3.34. The Kier molecular flexibility index (Phi) is 7.45. The molecule has 206 valence electrons. The molecule has 0 saturated carbocycles. The fourth-order valence-corrected chi connectivity index (χ4v) is 6.89. The molecule has 0 unspecified atom stereocenters. The van der Waals surface area contributed by atoms with Crippen LogP contribution in [0.2, 0.25) is 5.02 Å². The average Bonchev–Trinajstić information content (AvgIpc) is 3.36. The van der Waals surface area contributed by atoms with Crippen LogP contribution in [0.3, 0.4) is 0 Å². The van der Waals surface area contributed by atoms with E-state index in [-0.39, 0.29) is 22.8 Å². The van der Waals surface area contributed by atoms with E-state index in [4.69, 9.17) is 16.6 Å². The molecule has 5 nitrogen and oxygen atoms in total. The van der Waals surface area contributed by atoms with Gasteiger partial charge in [-0.05, 0) is 69.7 Å². The van der Waals surface area contributed by atoms with Crippen molar-refractivity contribution in [3.8, 4) is 11.4 Å². The Morgan fingerprint density at radius 1 is 1.00 bits per heavy atom. The summed E-state index contributed by atoms with van der Waals surface area (Å²) in [7, 11) is 0. The molecule has 5 rings (SSSR count). The third-order valence-electron chi connectivity index (χ3n) is 6.76. The number of Topliss-reactive ketones (excluding diaryl/α,β-unsaturated/α-hetero) is 1. The fraction of sp³-hybridized carbons (Fsp3) is 0.207. The quantitative estimate of drug-likeness (QED) is 0.112. The van der Waals surface area contributed by atoms with E-state index in [1.54, 1.807) is 24.5 Å². The molecule has 11 heteroatoms. The maximum atomic E-state index is 13.6. The number of thioether (sulfide) groups is 1. The number of alkyl halides is 3. The molecule has 5 aromatic rings. The molecule has 0 aliphatic rings. The Morgan fingerprint density at radius 3 is 2.38 bits per heavy atom. The van der Waals surface area contributed by atoms with Crippen molar-refractivity contribution in [3.05, 3.63) is 103 Å². The van der Waals surface area contributed by atoms with Crippen molar-refractivity contribution in [2.24, 2.45) is 0 Å². The number of fused-ring (bicyclic) bond motifs is 1. The maximum absolute atomic E-state index is 13.6. The first-order valence-corrected chi connectivity index (χ1v) is 14.4. The highest BCUT2D eigenvalue weighted by Crippen LogP contribution is 2.37. The van der Waals surface area contributed by atoms with Crippen molar-refractivity contribution >= 4 is 50.7 Å². The van der Waals surface area contributed by atoms with Gasteiger partial charge in [-0.25, -0.2) is 4.98 Å². The standard InChI is InChI=1S/C29H23ClF3N3O2S2/c1-15-12-21(17(3)35(15)20-10-11-23(30)22(13-20)29(31,32)33)24(37)14-39-28-34-26-25(16(2)18(4)40-26)27(38)36(28)19-8-6-5-7-9-19/h5-13H,14H2,1-4H3. The number of carbonyl (C=O) groups excluding carboxylic acids is 1. The van der Waals surface area contributed by atoms with Crippen LogP contribution in [0.25, 0.3) is 21.6 Å². The van der Waals surface area contributed by atoms with Crippen molar-refractivity contribution in [3.63, 3.8) is 0 Å². The second kappa shape index (κ2) is 10.6. The summed E-state index contributed by atoms with van der Waals surface area (Å²) in [5.41, 5.74) is 2.13. The number of rotatable bonds is 6. The minimum Gasteiger partial charge on any atom is -0.318 e. The van der Waals surface area contributed by atoms with E-state index < -0.39 is 16.8 Å². The number of aromatic nitrogens is 3. The zero-order chi connectivity index (χ0) is 28.9. The average molecular weight is 602 g/mol. The molecule has 3 aromatic heterocycles. The van der Waals surface area contributed by atoms with E-state index in [1.807, 2.05) is 44.2 Å². The minimum absolute atomic E-state index is 0.0210. The Balaban J connectivity index is 1.51. The first-order valence-electron chi connectivity index (χ1n) is 12.2. The number of benzene rings is 2. The molecular formula is C29H23ClF3N3O2S2. The first kappa shape index (κ1) is 28.2. The minimum atomic E-state index is -4.61. The van der Waals surface area contributed by atoms with Gasteiger partial charge in [0.25, 0.3) is 5.56 Å². The van der Waals surface area contributed by atoms with Crippen molar-refractivity contribution < 1.29 is 18.0 Å². The van der Waals surface area contributed by atoms with E-state index in [2.05, 4.69) is 0 Å². The summed E-state index contributed by atoms with van der Waals surface area (Å²) in [4.78, 5) is 33.4. The summed E-state index contributed by atoms with van der Waals surface area (Å²) in [6, 6.07) is 14.5. The number of carbonyl (C=O) groups is 1. The second-order valence-corrected chi connectivity index (χ2v) is 11.9. The molecule has 0 saturated heterocycles. The van der Waals surface area contributed by atoms with Crippen LogP contribution >= 0.6 is 34.7 Å². The molecule has 0 aliphatic carbocycles. The van der Waals surface area contributed by atoms with Crippen LogP contribution in [0, 0.1) is 27.7 Å². The Morgan fingerprint density at radius 2 is 1.70 bits per heavy atom. The number of nitrogens with zero attached hydrogens (tertiary/aromatic N) is 3. The van der Waals surface area contributed by atoms with Gasteiger partial charge in [0.1, 0.15) is 4.83 Å². The van der Waals surface area contributed by atoms with Crippen LogP contribution in [0.4, 0.5) is 13.2 Å². The van der Waals surface area contributed by atoms with E-state index in [1.165, 1.54) is 28.0 Å². The lowest BCUT2D eigenvalue weighted by Crippen LogP contribution is -2.22. The van der Waals surface area contributed by atoms with Gasteiger partial charge in [0.05, 0.1) is 27.4 Å². The Bertz CT molecular complexity index is 1840. The van der Waals surface area contributed by atoms with Crippen LogP contribution < -0.4 is 5.56 Å². The van der Waals surface area contributed by atoms with Gasteiger partial charge in [0, 0.05) is 27.5 Å². The molecule has 0 fully saturated rings. The molecule has 2 aromatic carbocycles. The maximum Gasteiger partial charge on any atom is 0.417 e. The highest BCUT2D eigenvalue weighted by molar-refractivity contribution is 7.99. The SMILES string of the molecule is Cc1sc2nc(SCC(=O)c3cc(C)n(-c4ccc(Cl)c(C(F)(F)F)c4)c3C)n(-c3ccccc3)c(=O)c2c1C. The van der Waals surface area contributed by atoms with Gasteiger partial charge in [-0.3, -0.25) is 14.2 Å². The number of para-hydroxylation sites is 1. The highest BCUT2D eigenvalue weighted by atomic mass is 35.5. The van der Waals surface area contributed by atoms with Gasteiger partial charge in [0.15, 0.2) is 10.9 Å². The van der Waals surface area contributed by atoms with Crippen LogP contribution in [-0.4, -0.2) is 25.7 Å². The van der Waals surface area contributed by atoms with Crippen molar-refractivity contribution in [2.45, 2.75) is 39.0 Å². The molecule has 0 atom stereocenters. The van der Waals surface area contributed by atoms with Gasteiger partial charge in [-0.15, -0.1) is 11.3 Å². The lowest BCUT2D eigenvalue weighted by Gasteiger charge is -2.14. The molecular weight excluding hydrogens is 579 g/mol. The molecule has 0 spiro atoms. The predicted molar refractivity (Wildman–Crippen MR) is 155 cm³/mol. The van der Waals surface area contributed by atoms with Crippen LogP contribution in [0.1, 0.15) is 37.7 Å². The largest absolute Gasteiger partial charge is 0.417 e. The van der Waals surface area contributed by atoms with Crippen molar-refractivity contribution in [1.29, 1.82) is 0 Å². The number of hydrogen-bond donors (Lipinski definition) is 0. The van der Waals surface area contributed by atoms with E-state index in [0.29, 0.717) is 38.0 Å². The summed E-state index contributed by atoms with van der Waals surface area (Å²) >= 11 is 8.39. The fourth-order valence-electron chi connectivity index (χ4n) is 4.70. The summed E-state index contributed by atoms with van der Waals surface area (Å²) in [5, 5.41) is 0.558. The molecule has 40 heavy (non-hydrogen) atoms. The molecule has 0 aliphatic heterocycles. The summed E-state index contributed by atoms with van der Waals surface area (Å²) in [6.07, 6.45) is -4.61. The smallest absolute Gasteiger partial charge is 0.318 e. The number of aryl methyl sites for hydroxylation is 3. The zero-order valence-corrected chi connectivity index (χ0v) is 24.3. The topological polar surface area (TPSA) is 56.9 Å². The summed E-state index contributed by atoms with van der Waals surface area (Å²) in [6.45, 7) is 7.26. The van der Waals surface area contributed by atoms with Crippen LogP contribution in [0.5, 0.6) is 0 Å². The number of thiophene rings is 1. The molecule has 0 radical (unpaired) electrons.